The average Bonchev–Trinajstić information content (AvgIpc) is 2.91. The molecule has 1 aliphatic rings. The number of aryl methyl sites for hydroxylation is 1. The molecule has 2 aromatic rings. The highest BCUT2D eigenvalue weighted by Gasteiger charge is 2.28. The fraction of sp³-hybridized carbons (Fsp3) is 0.235. The van der Waals surface area contributed by atoms with Crippen LogP contribution in [-0.2, 0) is 0 Å². The highest BCUT2D eigenvalue weighted by Crippen LogP contribution is 2.38. The van der Waals surface area contributed by atoms with Gasteiger partial charge in [-0.15, -0.1) is 0 Å². The van der Waals surface area contributed by atoms with Crippen LogP contribution in [0.1, 0.15) is 22.3 Å². The summed E-state index contributed by atoms with van der Waals surface area (Å²) in [7, 11) is 1.58. The number of Topliss-reactive ketones (excluding diaryl/α,β-unsaturated/α-hetero) is 1. The number of benzene rings is 2. The Bertz CT molecular complexity index is 678. The van der Waals surface area contributed by atoms with Crippen molar-refractivity contribution in [3.05, 3.63) is 53.6 Å². The number of carbonyl (C=O) groups is 1. The van der Waals surface area contributed by atoms with Crippen LogP contribution < -0.4 is 14.2 Å². The SMILES string of the molecule is COc1cccc(C(=O)CC2Oc3cccc(C)c3O2)c1. The van der Waals surface area contributed by atoms with Gasteiger partial charge in [-0.05, 0) is 30.7 Å². The maximum Gasteiger partial charge on any atom is 0.248 e. The number of ether oxygens (including phenoxy) is 3. The van der Waals surface area contributed by atoms with E-state index in [2.05, 4.69) is 0 Å². The van der Waals surface area contributed by atoms with Crippen LogP contribution in [0.2, 0.25) is 0 Å². The first kappa shape index (κ1) is 13.5. The predicted octanol–water partition coefficient (Wildman–Crippen LogP) is 3.37. The van der Waals surface area contributed by atoms with E-state index in [-0.39, 0.29) is 12.2 Å². The van der Waals surface area contributed by atoms with Crippen LogP contribution >= 0.6 is 0 Å². The third kappa shape index (κ3) is 2.70. The minimum atomic E-state index is -0.570. The second-order valence-corrected chi connectivity index (χ2v) is 4.93. The molecule has 1 heterocycles. The maximum absolute atomic E-state index is 12.3. The lowest BCUT2D eigenvalue weighted by Crippen LogP contribution is -2.22. The normalized spacial score (nSPS) is 15.8. The molecule has 0 fully saturated rings. The lowest BCUT2D eigenvalue weighted by atomic mass is 10.1. The number of carbonyl (C=O) groups excluding carboxylic acids is 1. The number of ketones is 1. The van der Waals surface area contributed by atoms with Gasteiger partial charge in [-0.3, -0.25) is 4.79 Å². The van der Waals surface area contributed by atoms with Gasteiger partial charge >= 0.3 is 0 Å². The van der Waals surface area contributed by atoms with Gasteiger partial charge in [0.1, 0.15) is 5.75 Å². The minimum Gasteiger partial charge on any atom is -0.497 e. The van der Waals surface area contributed by atoms with Crippen molar-refractivity contribution in [2.24, 2.45) is 0 Å². The van der Waals surface area contributed by atoms with Crippen LogP contribution in [0.15, 0.2) is 42.5 Å². The zero-order valence-electron chi connectivity index (χ0n) is 12.0. The Balaban J connectivity index is 1.71. The third-order valence-electron chi connectivity index (χ3n) is 3.43. The van der Waals surface area contributed by atoms with Crippen molar-refractivity contribution in [1.29, 1.82) is 0 Å². The third-order valence-corrected chi connectivity index (χ3v) is 3.43. The van der Waals surface area contributed by atoms with E-state index < -0.39 is 6.29 Å². The van der Waals surface area contributed by atoms with Crippen LogP contribution in [0.5, 0.6) is 17.2 Å². The highest BCUT2D eigenvalue weighted by molar-refractivity contribution is 5.96. The molecule has 0 spiro atoms. The minimum absolute atomic E-state index is 0.0376. The van der Waals surface area contributed by atoms with E-state index in [1.807, 2.05) is 25.1 Å². The number of fused-ring (bicyclic) bond motifs is 1. The van der Waals surface area contributed by atoms with Crippen LogP contribution in [0.4, 0.5) is 0 Å². The topological polar surface area (TPSA) is 44.8 Å². The van der Waals surface area contributed by atoms with Crippen molar-refractivity contribution in [3.8, 4) is 17.2 Å². The predicted molar refractivity (Wildman–Crippen MR) is 78.2 cm³/mol. The molecular weight excluding hydrogens is 268 g/mol. The molecule has 4 heteroatoms. The zero-order chi connectivity index (χ0) is 14.8. The zero-order valence-corrected chi connectivity index (χ0v) is 12.0. The van der Waals surface area contributed by atoms with E-state index in [4.69, 9.17) is 14.2 Å². The lowest BCUT2D eigenvalue weighted by Gasteiger charge is -2.10. The van der Waals surface area contributed by atoms with Crippen LogP contribution in [0.3, 0.4) is 0 Å². The maximum atomic E-state index is 12.3. The van der Waals surface area contributed by atoms with Crippen LogP contribution in [0, 0.1) is 6.92 Å². The number of para-hydroxylation sites is 1. The molecule has 21 heavy (non-hydrogen) atoms. The molecule has 0 N–H and O–H groups in total. The van der Waals surface area contributed by atoms with E-state index in [1.165, 1.54) is 0 Å². The Morgan fingerprint density at radius 2 is 2.00 bits per heavy atom. The van der Waals surface area contributed by atoms with E-state index in [0.29, 0.717) is 17.1 Å². The Hall–Kier alpha value is -2.49. The second kappa shape index (κ2) is 5.48. The van der Waals surface area contributed by atoms with Gasteiger partial charge in [0, 0.05) is 5.56 Å². The fourth-order valence-corrected chi connectivity index (χ4v) is 2.32. The second-order valence-electron chi connectivity index (χ2n) is 4.93. The average molecular weight is 284 g/mol. The van der Waals surface area contributed by atoms with E-state index in [9.17, 15) is 4.79 Å². The molecule has 1 aliphatic heterocycles. The lowest BCUT2D eigenvalue weighted by molar-refractivity contribution is 0.0389. The summed E-state index contributed by atoms with van der Waals surface area (Å²) in [6.07, 6.45) is -0.402. The highest BCUT2D eigenvalue weighted by atomic mass is 16.7. The van der Waals surface area contributed by atoms with Crippen molar-refractivity contribution in [2.75, 3.05) is 7.11 Å². The first-order chi connectivity index (χ1) is 10.2. The van der Waals surface area contributed by atoms with Crippen molar-refractivity contribution in [3.63, 3.8) is 0 Å². The molecule has 0 amide bonds. The standard InChI is InChI=1S/C17H16O4/c1-11-5-3-8-15-17(11)21-16(20-15)10-14(18)12-6-4-7-13(9-12)19-2/h3-9,16H,10H2,1-2H3. The summed E-state index contributed by atoms with van der Waals surface area (Å²) >= 11 is 0. The molecule has 0 aliphatic carbocycles. The summed E-state index contributed by atoms with van der Waals surface area (Å²) in [5, 5.41) is 0. The summed E-state index contributed by atoms with van der Waals surface area (Å²) < 4.78 is 16.5. The molecular formula is C17H16O4. The van der Waals surface area contributed by atoms with Gasteiger partial charge in [0.2, 0.25) is 6.29 Å². The summed E-state index contributed by atoms with van der Waals surface area (Å²) in [4.78, 5) is 12.3. The largest absolute Gasteiger partial charge is 0.497 e. The number of hydrogen-bond donors (Lipinski definition) is 0. The van der Waals surface area contributed by atoms with Crippen LogP contribution in [0.25, 0.3) is 0 Å². The number of rotatable bonds is 4. The number of hydrogen-bond acceptors (Lipinski definition) is 4. The number of methoxy groups -OCH3 is 1. The van der Waals surface area contributed by atoms with Gasteiger partial charge in [-0.1, -0.05) is 24.3 Å². The first-order valence-electron chi connectivity index (χ1n) is 6.77. The van der Waals surface area contributed by atoms with Gasteiger partial charge in [0.25, 0.3) is 0 Å². The molecule has 0 aromatic heterocycles. The van der Waals surface area contributed by atoms with E-state index >= 15 is 0 Å². The Morgan fingerprint density at radius 1 is 1.19 bits per heavy atom. The molecule has 0 saturated carbocycles. The van der Waals surface area contributed by atoms with Crippen molar-refractivity contribution < 1.29 is 19.0 Å². The fourth-order valence-electron chi connectivity index (χ4n) is 2.32. The van der Waals surface area contributed by atoms with Crippen molar-refractivity contribution in [1.82, 2.24) is 0 Å². The van der Waals surface area contributed by atoms with E-state index in [0.717, 1.165) is 11.3 Å². The molecule has 0 radical (unpaired) electrons. The molecule has 108 valence electrons. The van der Waals surface area contributed by atoms with E-state index in [1.54, 1.807) is 31.4 Å². The quantitative estimate of drug-likeness (QED) is 0.807. The molecule has 0 bridgehead atoms. The van der Waals surface area contributed by atoms with Gasteiger partial charge in [0.05, 0.1) is 13.5 Å². The monoisotopic (exact) mass is 284 g/mol. The Morgan fingerprint density at radius 3 is 2.76 bits per heavy atom. The molecule has 4 nitrogen and oxygen atoms in total. The molecule has 0 saturated heterocycles. The molecule has 1 atom stereocenters. The molecule has 3 rings (SSSR count). The van der Waals surface area contributed by atoms with Crippen LogP contribution in [-0.4, -0.2) is 19.2 Å². The smallest absolute Gasteiger partial charge is 0.248 e. The summed E-state index contributed by atoms with van der Waals surface area (Å²) in [5.74, 6) is 2.04. The Kier molecular flexibility index (Phi) is 3.52. The summed E-state index contributed by atoms with van der Waals surface area (Å²) in [6.45, 7) is 1.95. The van der Waals surface area contributed by atoms with Gasteiger partial charge < -0.3 is 14.2 Å². The van der Waals surface area contributed by atoms with Gasteiger partial charge in [-0.2, -0.15) is 0 Å². The molecule has 1 unspecified atom stereocenters. The van der Waals surface area contributed by atoms with Gasteiger partial charge in [0.15, 0.2) is 17.3 Å². The first-order valence-corrected chi connectivity index (χ1v) is 6.77. The molecule has 2 aromatic carbocycles. The summed E-state index contributed by atoms with van der Waals surface area (Å²) in [5.41, 5.74) is 1.60. The van der Waals surface area contributed by atoms with Gasteiger partial charge in [-0.25, -0.2) is 0 Å². The summed E-state index contributed by atoms with van der Waals surface area (Å²) in [6, 6.07) is 12.8. The Labute approximate surface area is 123 Å². The van der Waals surface area contributed by atoms with Crippen molar-refractivity contribution >= 4 is 5.78 Å². The van der Waals surface area contributed by atoms with Crippen molar-refractivity contribution in [2.45, 2.75) is 19.6 Å².